The maximum atomic E-state index is 13.1. The molecule has 8 nitrogen and oxygen atoms in total. The molecular weight excluding hydrogens is 524 g/mol. The van der Waals surface area contributed by atoms with E-state index in [0.29, 0.717) is 26.0 Å². The Morgan fingerprint density at radius 2 is 1.79 bits per heavy atom. The van der Waals surface area contributed by atoms with E-state index in [2.05, 4.69) is 20.0 Å². The number of carbonyl (C=O) groups excluding carboxylic acids is 1. The first-order valence-corrected chi connectivity index (χ1v) is 14.4. The van der Waals surface area contributed by atoms with Gasteiger partial charge in [0, 0.05) is 41.4 Å². The molecule has 1 amide bonds. The van der Waals surface area contributed by atoms with Crippen molar-refractivity contribution in [3.8, 4) is 5.75 Å². The molecule has 38 heavy (non-hydrogen) atoms. The molecule has 0 aliphatic rings. The van der Waals surface area contributed by atoms with Crippen molar-refractivity contribution in [2.45, 2.75) is 33.2 Å². The average molecular weight is 555 g/mol. The summed E-state index contributed by atoms with van der Waals surface area (Å²) in [7, 11) is -3.84. The van der Waals surface area contributed by atoms with Crippen LogP contribution in [-0.4, -0.2) is 43.2 Å². The van der Waals surface area contributed by atoms with Crippen LogP contribution in [0.2, 0.25) is 5.02 Å². The van der Waals surface area contributed by atoms with Gasteiger partial charge in [0.2, 0.25) is 10.0 Å². The third-order valence-electron chi connectivity index (χ3n) is 6.16. The molecule has 0 fully saturated rings. The topological polar surface area (TPSA) is 113 Å². The van der Waals surface area contributed by atoms with Gasteiger partial charge in [0.15, 0.2) is 0 Å². The highest BCUT2D eigenvalue weighted by Gasteiger charge is 2.22. The van der Waals surface area contributed by atoms with Crippen LogP contribution in [0, 0.1) is 13.8 Å². The summed E-state index contributed by atoms with van der Waals surface area (Å²) in [6.45, 7) is 5.01. The van der Waals surface area contributed by atoms with Crippen LogP contribution in [-0.2, 0) is 23.0 Å². The standard InChI is InChI=1S/C28H31ClN4O4S/c1-19-16-22(17-20(2)26(19)29)37-14-5-7-24-23-6-3-4-8-25(23)32-27(24)28(34)33-38(35,36)15-13-31-18-21-9-11-30-12-10-21/h3-4,6,8-12,16-17,31-32H,5,7,13-15,18H2,1-2H3,(H,33,34). The van der Waals surface area contributed by atoms with Gasteiger partial charge in [0.1, 0.15) is 11.4 Å². The summed E-state index contributed by atoms with van der Waals surface area (Å²) in [5.74, 6) is -0.159. The van der Waals surface area contributed by atoms with Crippen LogP contribution in [0.4, 0.5) is 0 Å². The normalized spacial score (nSPS) is 11.6. The highest BCUT2D eigenvalue weighted by Crippen LogP contribution is 2.27. The van der Waals surface area contributed by atoms with Crippen LogP contribution in [0.1, 0.15) is 39.2 Å². The van der Waals surface area contributed by atoms with Crippen molar-refractivity contribution in [3.05, 3.63) is 93.9 Å². The van der Waals surface area contributed by atoms with Crippen LogP contribution in [0.25, 0.3) is 10.9 Å². The van der Waals surface area contributed by atoms with Gasteiger partial charge in [-0.2, -0.15) is 0 Å². The Labute approximate surface area is 227 Å². The number of pyridine rings is 1. The average Bonchev–Trinajstić information content (AvgIpc) is 3.27. The SMILES string of the molecule is Cc1cc(OCCCc2c(C(=O)NS(=O)(=O)CCNCc3ccncc3)[nH]c3ccccc23)cc(C)c1Cl. The molecule has 0 spiro atoms. The van der Waals surface area contributed by atoms with Crippen molar-refractivity contribution in [2.24, 2.45) is 0 Å². The Balaban J connectivity index is 1.38. The molecule has 0 unspecified atom stereocenters. The van der Waals surface area contributed by atoms with E-state index in [-0.39, 0.29) is 18.0 Å². The molecule has 0 aliphatic heterocycles. The molecular formula is C28H31ClN4O4S. The lowest BCUT2D eigenvalue weighted by Gasteiger charge is -2.11. The van der Waals surface area contributed by atoms with Crippen molar-refractivity contribution in [1.82, 2.24) is 20.0 Å². The van der Waals surface area contributed by atoms with Gasteiger partial charge in [-0.15, -0.1) is 0 Å². The number of aromatic nitrogens is 2. The zero-order chi connectivity index (χ0) is 27.1. The predicted molar refractivity (Wildman–Crippen MR) is 150 cm³/mol. The molecule has 0 saturated carbocycles. The number of sulfonamides is 1. The third kappa shape index (κ3) is 7.12. The monoisotopic (exact) mass is 554 g/mol. The zero-order valence-corrected chi connectivity index (χ0v) is 23.0. The summed E-state index contributed by atoms with van der Waals surface area (Å²) in [5, 5.41) is 4.68. The molecule has 4 aromatic rings. The summed E-state index contributed by atoms with van der Waals surface area (Å²) < 4.78 is 33.4. The van der Waals surface area contributed by atoms with Gasteiger partial charge in [-0.25, -0.2) is 13.1 Å². The lowest BCUT2D eigenvalue weighted by molar-refractivity contribution is 0.0976. The molecule has 2 aromatic heterocycles. The summed E-state index contributed by atoms with van der Waals surface area (Å²) in [6.07, 6.45) is 4.52. The molecule has 0 bridgehead atoms. The van der Waals surface area contributed by atoms with Crippen LogP contribution < -0.4 is 14.8 Å². The Kier molecular flexibility index (Phi) is 9.04. The van der Waals surface area contributed by atoms with E-state index < -0.39 is 15.9 Å². The van der Waals surface area contributed by atoms with Crippen molar-refractivity contribution >= 4 is 38.4 Å². The minimum Gasteiger partial charge on any atom is -0.494 e. The molecule has 0 atom stereocenters. The molecule has 0 saturated heterocycles. The van der Waals surface area contributed by atoms with E-state index >= 15 is 0 Å². The minimum atomic E-state index is -3.84. The Morgan fingerprint density at radius 1 is 1.08 bits per heavy atom. The summed E-state index contributed by atoms with van der Waals surface area (Å²) in [6, 6.07) is 15.0. The molecule has 200 valence electrons. The summed E-state index contributed by atoms with van der Waals surface area (Å²) in [5.41, 5.74) is 4.68. The fourth-order valence-corrected chi connectivity index (χ4v) is 5.27. The molecule has 0 radical (unpaired) electrons. The second kappa shape index (κ2) is 12.4. The van der Waals surface area contributed by atoms with Gasteiger partial charge in [0.05, 0.1) is 12.4 Å². The van der Waals surface area contributed by atoms with Gasteiger partial charge >= 0.3 is 0 Å². The van der Waals surface area contributed by atoms with Crippen molar-refractivity contribution in [3.63, 3.8) is 0 Å². The van der Waals surface area contributed by atoms with E-state index in [1.54, 1.807) is 12.4 Å². The zero-order valence-electron chi connectivity index (χ0n) is 21.4. The number of fused-ring (bicyclic) bond motifs is 1. The van der Waals surface area contributed by atoms with Crippen LogP contribution in [0.5, 0.6) is 5.75 Å². The van der Waals surface area contributed by atoms with Gasteiger partial charge in [-0.1, -0.05) is 29.8 Å². The fraction of sp³-hybridized carbons (Fsp3) is 0.286. The van der Waals surface area contributed by atoms with Gasteiger partial charge in [-0.3, -0.25) is 9.78 Å². The maximum Gasteiger partial charge on any atom is 0.281 e. The molecule has 10 heteroatoms. The fourth-order valence-electron chi connectivity index (χ4n) is 4.27. The predicted octanol–water partition coefficient (Wildman–Crippen LogP) is 4.69. The summed E-state index contributed by atoms with van der Waals surface area (Å²) >= 11 is 6.24. The van der Waals surface area contributed by atoms with Crippen molar-refractivity contribution in [2.75, 3.05) is 18.9 Å². The van der Waals surface area contributed by atoms with Gasteiger partial charge in [-0.05, 0) is 79.3 Å². The number of aromatic amines is 1. The number of ether oxygens (including phenoxy) is 1. The summed E-state index contributed by atoms with van der Waals surface area (Å²) in [4.78, 5) is 20.1. The number of halogens is 1. The molecule has 2 heterocycles. The Morgan fingerprint density at radius 3 is 2.53 bits per heavy atom. The molecule has 0 aliphatic carbocycles. The Bertz CT molecular complexity index is 1500. The van der Waals surface area contributed by atoms with Crippen molar-refractivity contribution in [1.29, 1.82) is 0 Å². The second-order valence-corrected chi connectivity index (χ2v) is 11.3. The van der Waals surface area contributed by atoms with Crippen LogP contribution >= 0.6 is 11.6 Å². The Hall–Kier alpha value is -3.40. The van der Waals surface area contributed by atoms with E-state index in [0.717, 1.165) is 43.9 Å². The van der Waals surface area contributed by atoms with E-state index in [1.165, 1.54) is 0 Å². The van der Waals surface area contributed by atoms with E-state index in [9.17, 15) is 13.2 Å². The van der Waals surface area contributed by atoms with Gasteiger partial charge in [0.25, 0.3) is 5.91 Å². The number of aryl methyl sites for hydroxylation is 3. The van der Waals surface area contributed by atoms with E-state index in [1.807, 2.05) is 62.4 Å². The minimum absolute atomic E-state index is 0.200. The highest BCUT2D eigenvalue weighted by molar-refractivity contribution is 7.90. The largest absolute Gasteiger partial charge is 0.494 e. The number of benzene rings is 2. The molecule has 2 aromatic carbocycles. The number of para-hydroxylation sites is 1. The smallest absolute Gasteiger partial charge is 0.281 e. The number of hydrogen-bond acceptors (Lipinski definition) is 6. The maximum absolute atomic E-state index is 13.1. The quantitative estimate of drug-likeness (QED) is 0.219. The lowest BCUT2D eigenvalue weighted by Crippen LogP contribution is -2.36. The van der Waals surface area contributed by atoms with Crippen molar-refractivity contribution < 1.29 is 17.9 Å². The highest BCUT2D eigenvalue weighted by atomic mass is 35.5. The molecule has 4 rings (SSSR count). The lowest BCUT2D eigenvalue weighted by atomic mass is 10.1. The van der Waals surface area contributed by atoms with Gasteiger partial charge < -0.3 is 15.0 Å². The van der Waals surface area contributed by atoms with Crippen LogP contribution in [0.3, 0.4) is 0 Å². The number of nitrogens with zero attached hydrogens (tertiary/aromatic N) is 1. The number of carbonyl (C=O) groups is 1. The van der Waals surface area contributed by atoms with E-state index in [4.69, 9.17) is 16.3 Å². The number of rotatable bonds is 12. The number of nitrogens with one attached hydrogen (secondary N) is 3. The third-order valence-corrected chi connectivity index (χ3v) is 8.00. The number of hydrogen-bond donors (Lipinski definition) is 3. The first-order chi connectivity index (χ1) is 18.2. The first kappa shape index (κ1) is 27.6. The number of H-pyrrole nitrogens is 1. The molecule has 3 N–H and O–H groups in total. The number of amides is 1. The first-order valence-electron chi connectivity index (χ1n) is 12.4. The second-order valence-electron chi connectivity index (χ2n) is 9.13. The van der Waals surface area contributed by atoms with Crippen LogP contribution in [0.15, 0.2) is 60.9 Å².